The smallest absolute Gasteiger partial charge is 0.420 e. The molecule has 0 aliphatic carbocycles. The van der Waals surface area contributed by atoms with Crippen LogP contribution in [0.5, 0.6) is 0 Å². The molecular weight excluding hydrogens is 458 g/mol. The first-order chi connectivity index (χ1) is 16.0. The number of alkyl halides is 3. The molecule has 0 amide bonds. The maximum atomic E-state index is 15.3. The molecule has 0 radical (unpaired) electrons. The van der Waals surface area contributed by atoms with Crippen molar-refractivity contribution < 1.29 is 27.5 Å². The number of hydrogen-bond donors (Lipinski definition) is 1. The van der Waals surface area contributed by atoms with Gasteiger partial charge in [0.05, 0.1) is 16.6 Å². The van der Waals surface area contributed by atoms with Crippen LogP contribution in [0.1, 0.15) is 35.8 Å². The second kappa shape index (κ2) is 8.58. The topological polar surface area (TPSA) is 91.6 Å². The minimum absolute atomic E-state index is 0.0584. The number of halogens is 4. The average Bonchev–Trinajstić information content (AvgIpc) is 2.78. The van der Waals surface area contributed by atoms with E-state index in [0.29, 0.717) is 12.0 Å². The molecule has 3 aromatic rings. The predicted molar refractivity (Wildman–Crippen MR) is 117 cm³/mol. The van der Waals surface area contributed by atoms with Gasteiger partial charge in [0.15, 0.2) is 0 Å². The lowest BCUT2D eigenvalue weighted by Gasteiger charge is -2.37. The second-order valence-electron chi connectivity index (χ2n) is 8.18. The summed E-state index contributed by atoms with van der Waals surface area (Å²) in [5, 5.41) is 8.73. The van der Waals surface area contributed by atoms with Gasteiger partial charge in [-0.25, -0.2) is 19.2 Å². The van der Waals surface area contributed by atoms with Crippen LogP contribution in [-0.4, -0.2) is 51.8 Å². The predicted octanol–water partition coefficient (Wildman–Crippen LogP) is 3.56. The second-order valence-corrected chi connectivity index (χ2v) is 8.18. The molecule has 34 heavy (non-hydrogen) atoms. The summed E-state index contributed by atoms with van der Waals surface area (Å²) in [6.07, 6.45) is -1.02. The van der Waals surface area contributed by atoms with Crippen LogP contribution in [0, 0.1) is 5.82 Å². The molecule has 1 aliphatic rings. The Balaban J connectivity index is 1.91. The third-order valence-corrected chi connectivity index (χ3v) is 5.74. The quantitative estimate of drug-likeness (QED) is 0.573. The van der Waals surface area contributed by atoms with E-state index in [1.807, 2.05) is 0 Å². The molecule has 8 nitrogen and oxygen atoms in total. The molecule has 1 aromatic carbocycles. The van der Waals surface area contributed by atoms with Crippen LogP contribution in [0.3, 0.4) is 0 Å². The van der Waals surface area contributed by atoms with Crippen molar-refractivity contribution in [2.24, 2.45) is 0 Å². The van der Waals surface area contributed by atoms with Crippen LogP contribution in [0.15, 0.2) is 35.5 Å². The van der Waals surface area contributed by atoms with Crippen molar-refractivity contribution in [3.05, 3.63) is 57.9 Å². The SMILES string of the molecule is CC(C)n1cc(C(=O)O)c(=O)c2cc(F)c(N3CCN(c4ncccn4)CC3)c(C(F)(F)F)c21. The number of fused-ring (bicyclic) bond motifs is 1. The summed E-state index contributed by atoms with van der Waals surface area (Å²) in [5.41, 5.74) is -4.39. The van der Waals surface area contributed by atoms with E-state index in [-0.39, 0.29) is 26.2 Å². The van der Waals surface area contributed by atoms with Gasteiger partial charge in [0.2, 0.25) is 11.4 Å². The summed E-state index contributed by atoms with van der Waals surface area (Å²) in [5.74, 6) is -2.41. The van der Waals surface area contributed by atoms with E-state index in [1.54, 1.807) is 37.2 Å². The van der Waals surface area contributed by atoms with Gasteiger partial charge in [0.1, 0.15) is 16.9 Å². The highest BCUT2D eigenvalue weighted by atomic mass is 19.4. The zero-order chi connectivity index (χ0) is 24.8. The molecule has 12 heteroatoms. The highest BCUT2D eigenvalue weighted by Gasteiger charge is 2.41. The van der Waals surface area contributed by atoms with Gasteiger partial charge in [-0.1, -0.05) is 0 Å². The molecule has 1 aliphatic heterocycles. The highest BCUT2D eigenvalue weighted by molar-refractivity contribution is 5.95. The minimum atomic E-state index is -5.01. The van der Waals surface area contributed by atoms with Crippen molar-refractivity contribution in [3.63, 3.8) is 0 Å². The summed E-state index contributed by atoms with van der Waals surface area (Å²) >= 11 is 0. The summed E-state index contributed by atoms with van der Waals surface area (Å²) < 4.78 is 59.7. The number of piperazine rings is 1. The zero-order valence-electron chi connectivity index (χ0n) is 18.3. The molecule has 1 fully saturated rings. The fourth-order valence-electron chi connectivity index (χ4n) is 4.20. The molecule has 1 saturated heterocycles. The number of nitrogens with zero attached hydrogens (tertiary/aromatic N) is 5. The molecule has 2 aromatic heterocycles. The third-order valence-electron chi connectivity index (χ3n) is 5.74. The van der Waals surface area contributed by atoms with Gasteiger partial charge in [0.25, 0.3) is 0 Å². The molecule has 3 heterocycles. The molecular formula is C22H21F4N5O3. The van der Waals surface area contributed by atoms with Gasteiger partial charge in [-0.05, 0) is 26.0 Å². The maximum Gasteiger partial charge on any atom is 0.420 e. The van der Waals surface area contributed by atoms with Gasteiger partial charge >= 0.3 is 12.1 Å². The Labute approximate surface area is 191 Å². The van der Waals surface area contributed by atoms with Crippen molar-refractivity contribution in [1.29, 1.82) is 0 Å². The Bertz CT molecular complexity index is 1300. The van der Waals surface area contributed by atoms with E-state index in [2.05, 4.69) is 9.97 Å². The minimum Gasteiger partial charge on any atom is -0.477 e. The number of carbonyl (C=O) groups is 1. The van der Waals surface area contributed by atoms with Gasteiger partial charge in [-0.2, -0.15) is 13.2 Å². The lowest BCUT2D eigenvalue weighted by atomic mass is 10.0. The van der Waals surface area contributed by atoms with E-state index in [4.69, 9.17) is 0 Å². The standard InChI is InChI=1S/C22H21F4N5O3/c1-12(2)31-11-14(20(33)34)19(32)13-10-15(23)18(16(17(13)31)22(24,25)26)29-6-8-30(9-7-29)21-27-4-3-5-28-21/h3-5,10-12H,6-9H2,1-2H3,(H,33,34). The fourth-order valence-corrected chi connectivity index (χ4v) is 4.20. The summed E-state index contributed by atoms with van der Waals surface area (Å²) in [7, 11) is 0. The lowest BCUT2D eigenvalue weighted by Crippen LogP contribution is -2.48. The Hall–Kier alpha value is -3.70. The van der Waals surface area contributed by atoms with Gasteiger partial charge < -0.3 is 19.5 Å². The number of carboxylic acid groups (broad SMARTS) is 1. The largest absolute Gasteiger partial charge is 0.477 e. The van der Waals surface area contributed by atoms with Crippen molar-refractivity contribution >= 4 is 28.5 Å². The van der Waals surface area contributed by atoms with Gasteiger partial charge in [-0.3, -0.25) is 4.79 Å². The van der Waals surface area contributed by atoms with Crippen molar-refractivity contribution in [2.45, 2.75) is 26.1 Å². The number of carboxylic acids is 1. The molecule has 1 N–H and O–H groups in total. The van der Waals surface area contributed by atoms with E-state index in [1.165, 1.54) is 4.90 Å². The number of rotatable bonds is 4. The molecule has 0 saturated carbocycles. The van der Waals surface area contributed by atoms with E-state index >= 15 is 4.39 Å². The monoisotopic (exact) mass is 479 g/mol. The third kappa shape index (κ3) is 4.03. The van der Waals surface area contributed by atoms with Crippen molar-refractivity contribution in [3.8, 4) is 0 Å². The highest BCUT2D eigenvalue weighted by Crippen LogP contribution is 2.43. The van der Waals surface area contributed by atoms with Crippen LogP contribution in [0.4, 0.5) is 29.2 Å². The number of aromatic nitrogens is 3. The summed E-state index contributed by atoms with van der Waals surface area (Å²) in [4.78, 5) is 35.6. The van der Waals surface area contributed by atoms with Crippen molar-refractivity contribution in [1.82, 2.24) is 14.5 Å². The average molecular weight is 479 g/mol. The van der Waals surface area contributed by atoms with Gasteiger partial charge in [-0.15, -0.1) is 0 Å². The van der Waals surface area contributed by atoms with Gasteiger partial charge in [0, 0.05) is 50.8 Å². The number of pyridine rings is 1. The normalized spacial score (nSPS) is 14.8. The van der Waals surface area contributed by atoms with E-state index in [9.17, 15) is 27.9 Å². The van der Waals surface area contributed by atoms with E-state index in [0.717, 1.165) is 10.8 Å². The summed E-state index contributed by atoms with van der Waals surface area (Å²) in [6.45, 7) is 3.74. The maximum absolute atomic E-state index is 15.3. The Morgan fingerprint density at radius 1 is 1.09 bits per heavy atom. The molecule has 0 spiro atoms. The number of benzene rings is 1. The number of hydrogen-bond acceptors (Lipinski definition) is 6. The molecule has 0 atom stereocenters. The first-order valence-corrected chi connectivity index (χ1v) is 10.5. The molecule has 0 unspecified atom stereocenters. The number of anilines is 2. The van der Waals surface area contributed by atoms with Crippen LogP contribution < -0.4 is 15.2 Å². The van der Waals surface area contributed by atoms with E-state index < -0.39 is 57.2 Å². The fraction of sp³-hybridized carbons (Fsp3) is 0.364. The Morgan fingerprint density at radius 3 is 2.21 bits per heavy atom. The first-order valence-electron chi connectivity index (χ1n) is 10.5. The molecule has 4 rings (SSSR count). The molecule has 180 valence electrons. The first kappa shape index (κ1) is 23.5. The van der Waals surface area contributed by atoms with Crippen LogP contribution in [0.2, 0.25) is 0 Å². The summed E-state index contributed by atoms with van der Waals surface area (Å²) in [6, 6.07) is 1.72. The Morgan fingerprint density at radius 2 is 1.68 bits per heavy atom. The van der Waals surface area contributed by atoms with Crippen LogP contribution in [-0.2, 0) is 6.18 Å². The van der Waals surface area contributed by atoms with Crippen LogP contribution in [0.25, 0.3) is 10.9 Å². The molecule has 0 bridgehead atoms. The zero-order valence-corrected chi connectivity index (χ0v) is 18.3. The number of aromatic carboxylic acids is 1. The van der Waals surface area contributed by atoms with Crippen molar-refractivity contribution in [2.75, 3.05) is 36.0 Å². The lowest BCUT2D eigenvalue weighted by molar-refractivity contribution is -0.136. The Kier molecular flexibility index (Phi) is 5.92. The van der Waals surface area contributed by atoms with Crippen LogP contribution >= 0.6 is 0 Å².